The Morgan fingerprint density at radius 2 is 1.89 bits per heavy atom. The van der Waals surface area contributed by atoms with Gasteiger partial charge in [0.15, 0.2) is 5.43 Å². The molecule has 2 aromatic rings. The molecule has 2 heteroatoms. The van der Waals surface area contributed by atoms with Crippen molar-refractivity contribution in [2.75, 3.05) is 0 Å². The van der Waals surface area contributed by atoms with Crippen LogP contribution in [-0.4, -0.2) is 4.98 Å². The third kappa shape index (κ3) is 2.89. The molecule has 0 aliphatic heterocycles. The molecule has 0 spiro atoms. The van der Waals surface area contributed by atoms with E-state index >= 15 is 0 Å². The van der Waals surface area contributed by atoms with E-state index in [1.54, 1.807) is 6.07 Å². The summed E-state index contributed by atoms with van der Waals surface area (Å²) in [5.41, 5.74) is 3.38. The van der Waals surface area contributed by atoms with Crippen LogP contribution in [0.25, 0.3) is 10.9 Å². The van der Waals surface area contributed by atoms with Crippen molar-refractivity contribution in [3.8, 4) is 0 Å². The molecule has 1 aromatic carbocycles. The third-order valence-corrected chi connectivity index (χ3v) is 3.36. The van der Waals surface area contributed by atoms with Crippen LogP contribution < -0.4 is 5.43 Å². The molecule has 0 aliphatic carbocycles. The van der Waals surface area contributed by atoms with E-state index in [0.29, 0.717) is 5.92 Å². The topological polar surface area (TPSA) is 32.9 Å². The Morgan fingerprint density at radius 1 is 1.21 bits per heavy atom. The van der Waals surface area contributed by atoms with Crippen molar-refractivity contribution in [2.24, 2.45) is 5.92 Å². The summed E-state index contributed by atoms with van der Waals surface area (Å²) in [7, 11) is 0. The molecule has 2 nitrogen and oxygen atoms in total. The lowest BCUT2D eigenvalue weighted by atomic mass is 9.85. The summed E-state index contributed by atoms with van der Waals surface area (Å²) in [6.07, 6.45) is 0.906. The molecule has 0 fully saturated rings. The largest absolute Gasteiger partial charge is 0.358 e. The first-order valence-electron chi connectivity index (χ1n) is 6.94. The van der Waals surface area contributed by atoms with Crippen LogP contribution in [0.5, 0.6) is 0 Å². The van der Waals surface area contributed by atoms with Crippen molar-refractivity contribution in [1.29, 1.82) is 0 Å². The van der Waals surface area contributed by atoms with Crippen LogP contribution in [0.2, 0.25) is 0 Å². The molecular formula is C17H23NO. The molecule has 0 saturated carbocycles. The van der Waals surface area contributed by atoms with E-state index in [-0.39, 0.29) is 10.8 Å². The summed E-state index contributed by atoms with van der Waals surface area (Å²) >= 11 is 0. The van der Waals surface area contributed by atoms with Gasteiger partial charge in [0.25, 0.3) is 0 Å². The molecule has 0 radical (unpaired) electrons. The Labute approximate surface area is 114 Å². The molecule has 0 aliphatic rings. The number of H-pyrrole nitrogens is 1. The number of hydrogen-bond donors (Lipinski definition) is 1. The number of fused-ring (bicyclic) bond motifs is 1. The highest BCUT2D eigenvalue weighted by Gasteiger charge is 2.18. The Morgan fingerprint density at radius 3 is 2.47 bits per heavy atom. The van der Waals surface area contributed by atoms with Gasteiger partial charge in [-0.1, -0.05) is 46.8 Å². The van der Waals surface area contributed by atoms with Crippen molar-refractivity contribution < 1.29 is 0 Å². The summed E-state index contributed by atoms with van der Waals surface area (Å²) in [5.74, 6) is 0.537. The smallest absolute Gasteiger partial charge is 0.189 e. The highest BCUT2D eigenvalue weighted by Crippen LogP contribution is 2.27. The van der Waals surface area contributed by atoms with Crippen molar-refractivity contribution in [3.05, 3.63) is 45.7 Å². The lowest BCUT2D eigenvalue weighted by molar-refractivity contribution is 0.593. The maximum Gasteiger partial charge on any atom is 0.189 e. The SMILES string of the molecule is CC(C)Cc1cc(=O)c2cccc(C(C)(C)C)c2[nH]1. The van der Waals surface area contributed by atoms with Crippen molar-refractivity contribution in [2.45, 2.75) is 46.5 Å². The predicted molar refractivity (Wildman–Crippen MR) is 81.8 cm³/mol. The Balaban J connectivity index is 2.73. The number of aromatic nitrogens is 1. The second-order valence-corrected chi connectivity index (χ2v) is 6.73. The van der Waals surface area contributed by atoms with Gasteiger partial charge in [0, 0.05) is 17.1 Å². The van der Waals surface area contributed by atoms with E-state index in [1.807, 2.05) is 12.1 Å². The second-order valence-electron chi connectivity index (χ2n) is 6.73. The standard InChI is InChI=1S/C17H23NO/c1-11(2)9-12-10-15(19)13-7-6-8-14(16(13)18-12)17(3,4)5/h6-8,10-11H,9H2,1-5H3,(H,18,19). The van der Waals surface area contributed by atoms with Crippen LogP contribution >= 0.6 is 0 Å². The minimum absolute atomic E-state index is 0.0267. The number of pyridine rings is 1. The van der Waals surface area contributed by atoms with Crippen LogP contribution in [0.1, 0.15) is 45.9 Å². The predicted octanol–water partition coefficient (Wildman–Crippen LogP) is 4.02. The van der Waals surface area contributed by atoms with E-state index in [2.05, 4.69) is 45.7 Å². The molecule has 0 saturated heterocycles. The average Bonchev–Trinajstić information content (AvgIpc) is 2.26. The van der Waals surface area contributed by atoms with E-state index in [4.69, 9.17) is 0 Å². The minimum atomic E-state index is 0.0267. The minimum Gasteiger partial charge on any atom is -0.358 e. The second kappa shape index (κ2) is 4.84. The molecule has 1 heterocycles. The first kappa shape index (κ1) is 13.9. The van der Waals surface area contributed by atoms with Crippen molar-refractivity contribution in [3.63, 3.8) is 0 Å². The molecule has 1 N–H and O–H groups in total. The number of para-hydroxylation sites is 1. The number of nitrogens with one attached hydrogen (secondary N) is 1. The summed E-state index contributed by atoms with van der Waals surface area (Å²) in [6, 6.07) is 7.73. The molecule has 0 bridgehead atoms. The van der Waals surface area contributed by atoms with Crippen LogP contribution in [0, 0.1) is 5.92 Å². The Hall–Kier alpha value is -1.57. The lowest BCUT2D eigenvalue weighted by Crippen LogP contribution is -2.15. The maximum atomic E-state index is 12.2. The summed E-state index contributed by atoms with van der Waals surface area (Å²) < 4.78 is 0. The average molecular weight is 257 g/mol. The fourth-order valence-corrected chi connectivity index (χ4v) is 2.50. The zero-order chi connectivity index (χ0) is 14.2. The van der Waals surface area contributed by atoms with Gasteiger partial charge >= 0.3 is 0 Å². The quantitative estimate of drug-likeness (QED) is 0.865. The van der Waals surface area contributed by atoms with Crippen LogP contribution in [0.4, 0.5) is 0 Å². The van der Waals surface area contributed by atoms with Crippen LogP contribution in [0.3, 0.4) is 0 Å². The first-order chi connectivity index (χ1) is 8.79. The van der Waals surface area contributed by atoms with E-state index in [1.165, 1.54) is 5.56 Å². The number of hydrogen-bond acceptors (Lipinski definition) is 1. The lowest BCUT2D eigenvalue weighted by Gasteiger charge is -2.21. The normalized spacial score (nSPS) is 12.3. The number of aromatic amines is 1. The van der Waals surface area contributed by atoms with Gasteiger partial charge in [-0.05, 0) is 29.4 Å². The van der Waals surface area contributed by atoms with Crippen molar-refractivity contribution in [1.82, 2.24) is 4.98 Å². The molecular weight excluding hydrogens is 234 g/mol. The molecule has 0 unspecified atom stereocenters. The summed E-state index contributed by atoms with van der Waals surface area (Å²) in [4.78, 5) is 15.7. The molecule has 0 atom stereocenters. The van der Waals surface area contributed by atoms with Gasteiger partial charge in [-0.25, -0.2) is 0 Å². The highest BCUT2D eigenvalue weighted by atomic mass is 16.1. The monoisotopic (exact) mass is 257 g/mol. The van der Waals surface area contributed by atoms with E-state index in [9.17, 15) is 4.79 Å². The van der Waals surface area contributed by atoms with Gasteiger partial charge in [-0.2, -0.15) is 0 Å². The maximum absolute atomic E-state index is 12.2. The van der Waals surface area contributed by atoms with Gasteiger partial charge in [0.1, 0.15) is 0 Å². The van der Waals surface area contributed by atoms with Crippen LogP contribution in [0.15, 0.2) is 29.1 Å². The zero-order valence-electron chi connectivity index (χ0n) is 12.5. The summed E-state index contributed by atoms with van der Waals surface area (Å²) in [5, 5.41) is 0.792. The molecule has 102 valence electrons. The van der Waals surface area contributed by atoms with E-state index < -0.39 is 0 Å². The number of benzene rings is 1. The molecule has 1 aromatic heterocycles. The Kier molecular flexibility index (Phi) is 3.53. The highest BCUT2D eigenvalue weighted by molar-refractivity contribution is 5.82. The van der Waals surface area contributed by atoms with E-state index in [0.717, 1.165) is 23.0 Å². The first-order valence-corrected chi connectivity index (χ1v) is 6.94. The fourth-order valence-electron chi connectivity index (χ4n) is 2.50. The van der Waals surface area contributed by atoms with Gasteiger partial charge in [-0.15, -0.1) is 0 Å². The number of rotatable bonds is 2. The third-order valence-electron chi connectivity index (χ3n) is 3.36. The summed E-state index contributed by atoms with van der Waals surface area (Å²) in [6.45, 7) is 10.9. The molecule has 0 amide bonds. The van der Waals surface area contributed by atoms with Gasteiger partial charge in [-0.3, -0.25) is 4.79 Å². The van der Waals surface area contributed by atoms with Gasteiger partial charge < -0.3 is 4.98 Å². The van der Waals surface area contributed by atoms with Crippen molar-refractivity contribution >= 4 is 10.9 Å². The molecule has 19 heavy (non-hydrogen) atoms. The zero-order valence-corrected chi connectivity index (χ0v) is 12.5. The molecule has 2 rings (SSSR count). The van der Waals surface area contributed by atoms with Gasteiger partial charge in [0.2, 0.25) is 0 Å². The Bertz CT molecular complexity index is 644. The fraction of sp³-hybridized carbons (Fsp3) is 0.471. The van der Waals surface area contributed by atoms with Crippen LogP contribution in [-0.2, 0) is 11.8 Å². The van der Waals surface area contributed by atoms with Gasteiger partial charge in [0.05, 0.1) is 5.52 Å².